The third-order valence-corrected chi connectivity index (χ3v) is 5.99. The van der Waals surface area contributed by atoms with Crippen LogP contribution in [0.15, 0.2) is 12.2 Å². The van der Waals surface area contributed by atoms with Crippen molar-refractivity contribution in [3.63, 3.8) is 0 Å². The Labute approximate surface area is 182 Å². The molecule has 0 heterocycles. The smallest absolute Gasteiger partial charge is 0.325 e. The highest BCUT2D eigenvalue weighted by Gasteiger charge is 2.33. The van der Waals surface area contributed by atoms with Crippen LogP contribution in [0.1, 0.15) is 103 Å². The summed E-state index contributed by atoms with van der Waals surface area (Å²) in [4.78, 5) is 22.3. The minimum atomic E-state index is -4.83. The molecule has 2 N–H and O–H groups in total. The van der Waals surface area contributed by atoms with E-state index in [1.165, 1.54) is 51.4 Å². The van der Waals surface area contributed by atoms with Crippen LogP contribution in [0.3, 0.4) is 0 Å². The Balaban J connectivity index is 3.50. The summed E-state index contributed by atoms with van der Waals surface area (Å²) in [7, 11) is -4.83. The van der Waals surface area contributed by atoms with Gasteiger partial charge in [0.15, 0.2) is 5.25 Å². The van der Waals surface area contributed by atoms with Crippen LogP contribution < -0.4 is 0 Å². The molecule has 30 heavy (non-hydrogen) atoms. The maximum absolute atomic E-state index is 11.5. The molecule has 0 aliphatic rings. The van der Waals surface area contributed by atoms with Gasteiger partial charge in [0.25, 0.3) is 10.1 Å². The molecule has 0 saturated carbocycles. The summed E-state index contributed by atoms with van der Waals surface area (Å²) < 4.78 is 35.5. The molecule has 1 unspecified atom stereocenters. The zero-order valence-electron chi connectivity index (χ0n) is 18.4. The Morgan fingerprint density at radius 2 is 1.30 bits per heavy atom. The first-order chi connectivity index (χ1) is 14.3. The summed E-state index contributed by atoms with van der Waals surface area (Å²) in [5.74, 6) is -2.71. The summed E-state index contributed by atoms with van der Waals surface area (Å²) >= 11 is 0. The fourth-order valence-corrected chi connectivity index (χ4v) is 3.67. The van der Waals surface area contributed by atoms with Gasteiger partial charge in [-0.1, -0.05) is 76.9 Å². The van der Waals surface area contributed by atoms with Crippen molar-refractivity contribution in [3.8, 4) is 0 Å². The highest BCUT2D eigenvalue weighted by Crippen LogP contribution is 2.11. The number of hydrogen-bond acceptors (Lipinski definition) is 5. The van der Waals surface area contributed by atoms with E-state index in [0.29, 0.717) is 6.42 Å². The van der Waals surface area contributed by atoms with Crippen molar-refractivity contribution in [3.05, 3.63) is 12.2 Å². The van der Waals surface area contributed by atoms with E-state index in [0.717, 1.165) is 32.1 Å². The first kappa shape index (κ1) is 28.6. The average molecular weight is 449 g/mol. The largest absolute Gasteiger partial charge is 0.480 e. The standard InChI is InChI=1S/C22H40O7S/c1-2-3-4-5-6-7-8-9-10-11-12-13-14-15-16-17-18-29-21(23)19-20(22(24)25)30(26,27)28/h9-10,20H,2-8,11-19H2,1H3,(H,24,25)(H,26,27,28)/b10-9-. The van der Waals surface area contributed by atoms with Crippen LogP contribution in [0.5, 0.6) is 0 Å². The molecule has 0 saturated heterocycles. The van der Waals surface area contributed by atoms with Gasteiger partial charge in [-0.3, -0.25) is 14.1 Å². The molecule has 0 aromatic heterocycles. The number of aliphatic carboxylic acids is 1. The average Bonchev–Trinajstić information content (AvgIpc) is 2.67. The second-order valence-electron chi connectivity index (χ2n) is 7.70. The van der Waals surface area contributed by atoms with Gasteiger partial charge in [-0.2, -0.15) is 8.42 Å². The molecule has 0 rings (SSSR count). The molecule has 0 fully saturated rings. The monoisotopic (exact) mass is 448 g/mol. The van der Waals surface area contributed by atoms with E-state index in [1.54, 1.807) is 0 Å². The number of rotatable bonds is 20. The second-order valence-corrected chi connectivity index (χ2v) is 9.30. The van der Waals surface area contributed by atoms with Gasteiger partial charge in [0.2, 0.25) is 0 Å². The van der Waals surface area contributed by atoms with Gasteiger partial charge in [0.1, 0.15) is 0 Å². The number of hydrogen-bond donors (Lipinski definition) is 2. The molecule has 7 nitrogen and oxygen atoms in total. The number of carboxylic acid groups (broad SMARTS) is 1. The van der Waals surface area contributed by atoms with Gasteiger partial charge < -0.3 is 9.84 Å². The molecule has 0 spiro atoms. The highest BCUT2D eigenvalue weighted by molar-refractivity contribution is 7.87. The lowest BCUT2D eigenvalue weighted by molar-refractivity contribution is -0.147. The van der Waals surface area contributed by atoms with Gasteiger partial charge in [-0.05, 0) is 32.1 Å². The first-order valence-corrected chi connectivity index (χ1v) is 12.8. The van der Waals surface area contributed by atoms with Crippen molar-refractivity contribution in [2.45, 2.75) is 108 Å². The number of esters is 1. The van der Waals surface area contributed by atoms with Crippen molar-refractivity contribution in [2.75, 3.05) is 6.61 Å². The molecule has 0 bridgehead atoms. The Morgan fingerprint density at radius 1 is 0.833 bits per heavy atom. The first-order valence-electron chi connectivity index (χ1n) is 11.3. The molecule has 0 aliphatic heterocycles. The van der Waals surface area contributed by atoms with Crippen LogP contribution >= 0.6 is 0 Å². The van der Waals surface area contributed by atoms with Crippen LogP contribution in [0.4, 0.5) is 0 Å². The molecular formula is C22H40O7S. The second kappa shape index (κ2) is 18.4. The van der Waals surface area contributed by atoms with Crippen molar-refractivity contribution < 1.29 is 32.4 Å². The van der Waals surface area contributed by atoms with Gasteiger partial charge in [-0.25, -0.2) is 0 Å². The predicted molar refractivity (Wildman–Crippen MR) is 118 cm³/mol. The number of carbonyl (C=O) groups excluding carboxylic acids is 1. The van der Waals surface area contributed by atoms with E-state index >= 15 is 0 Å². The minimum Gasteiger partial charge on any atom is -0.480 e. The lowest BCUT2D eigenvalue weighted by Gasteiger charge is -2.09. The number of ether oxygens (including phenoxy) is 1. The fourth-order valence-electron chi connectivity index (χ4n) is 3.07. The zero-order chi connectivity index (χ0) is 22.7. The van der Waals surface area contributed by atoms with Crippen LogP contribution in [0.25, 0.3) is 0 Å². The fraction of sp³-hybridized carbons (Fsp3) is 0.818. The van der Waals surface area contributed by atoms with Crippen LogP contribution in [-0.2, 0) is 24.4 Å². The topological polar surface area (TPSA) is 118 Å². The van der Waals surface area contributed by atoms with E-state index in [1.807, 2.05) is 0 Å². The van der Waals surface area contributed by atoms with Gasteiger partial charge in [0.05, 0.1) is 13.0 Å². The predicted octanol–water partition coefficient (Wildman–Crippen LogP) is 5.30. The van der Waals surface area contributed by atoms with E-state index in [2.05, 4.69) is 19.1 Å². The van der Waals surface area contributed by atoms with Crippen molar-refractivity contribution in [1.82, 2.24) is 0 Å². The quantitative estimate of drug-likeness (QED) is 0.112. The van der Waals surface area contributed by atoms with Crippen molar-refractivity contribution in [1.29, 1.82) is 0 Å². The molecule has 0 aromatic rings. The van der Waals surface area contributed by atoms with E-state index < -0.39 is 33.7 Å². The lowest BCUT2D eigenvalue weighted by Crippen LogP contribution is -2.32. The van der Waals surface area contributed by atoms with Crippen LogP contribution in [0, 0.1) is 0 Å². The molecule has 0 aliphatic carbocycles. The molecule has 0 aromatic carbocycles. The Morgan fingerprint density at radius 3 is 1.77 bits per heavy atom. The number of carboxylic acids is 1. The summed E-state index contributed by atoms with van der Waals surface area (Å²) in [5, 5.41) is 6.55. The Kier molecular flexibility index (Phi) is 17.5. The Bertz CT molecular complexity index is 584. The van der Waals surface area contributed by atoms with Crippen LogP contribution in [0.2, 0.25) is 0 Å². The normalized spacial score (nSPS) is 12.9. The van der Waals surface area contributed by atoms with Crippen LogP contribution in [-0.4, -0.2) is 41.9 Å². The summed E-state index contributed by atoms with van der Waals surface area (Å²) in [6, 6.07) is 0. The van der Waals surface area contributed by atoms with E-state index in [-0.39, 0.29) is 6.61 Å². The molecule has 8 heteroatoms. The molecule has 0 amide bonds. The highest BCUT2D eigenvalue weighted by atomic mass is 32.2. The SMILES string of the molecule is CCCCCCCC/C=C\CCCCCCCCOC(=O)CC(C(=O)O)S(=O)(=O)O. The van der Waals surface area contributed by atoms with Gasteiger partial charge in [0, 0.05) is 0 Å². The maximum atomic E-state index is 11.5. The summed E-state index contributed by atoms with van der Waals surface area (Å²) in [6.07, 6.45) is 20.0. The van der Waals surface area contributed by atoms with Crippen molar-refractivity contribution in [2.24, 2.45) is 0 Å². The summed E-state index contributed by atoms with van der Waals surface area (Å²) in [5.41, 5.74) is 0. The van der Waals surface area contributed by atoms with Gasteiger partial charge in [-0.15, -0.1) is 0 Å². The summed E-state index contributed by atoms with van der Waals surface area (Å²) in [6.45, 7) is 2.36. The van der Waals surface area contributed by atoms with E-state index in [4.69, 9.17) is 14.4 Å². The van der Waals surface area contributed by atoms with Gasteiger partial charge >= 0.3 is 11.9 Å². The zero-order valence-corrected chi connectivity index (χ0v) is 19.2. The Hall–Kier alpha value is -1.41. The van der Waals surface area contributed by atoms with E-state index in [9.17, 15) is 18.0 Å². The molecule has 1 atom stereocenters. The number of carbonyl (C=O) groups is 2. The van der Waals surface area contributed by atoms with Crippen molar-refractivity contribution >= 4 is 22.1 Å². The third-order valence-electron chi connectivity index (χ3n) is 4.91. The lowest BCUT2D eigenvalue weighted by atomic mass is 10.1. The molecule has 0 radical (unpaired) electrons. The minimum absolute atomic E-state index is 0.123. The number of unbranched alkanes of at least 4 members (excludes halogenated alkanes) is 12. The molecular weight excluding hydrogens is 408 g/mol. The molecule has 176 valence electrons. The maximum Gasteiger partial charge on any atom is 0.325 e. The number of allylic oxidation sites excluding steroid dienone is 2. The third kappa shape index (κ3) is 17.4.